The van der Waals surface area contributed by atoms with E-state index in [-0.39, 0.29) is 0 Å². The van der Waals surface area contributed by atoms with Crippen molar-refractivity contribution in [3.63, 3.8) is 0 Å². The van der Waals surface area contributed by atoms with Crippen molar-refractivity contribution in [2.75, 3.05) is 0 Å². The zero-order valence-electron chi connectivity index (χ0n) is 7.35. The monoisotopic (exact) mass is 138 g/mol. The van der Waals surface area contributed by atoms with E-state index in [1.54, 1.807) is 5.57 Å². The Morgan fingerprint density at radius 2 is 2.00 bits per heavy atom. The van der Waals surface area contributed by atoms with E-state index < -0.39 is 0 Å². The largest absolute Gasteiger partial charge is 0.0881 e. The Morgan fingerprint density at radius 1 is 1.30 bits per heavy atom. The summed E-state index contributed by atoms with van der Waals surface area (Å²) in [6.45, 7) is 6.12. The van der Waals surface area contributed by atoms with Crippen LogP contribution in [0.5, 0.6) is 0 Å². The molecule has 0 radical (unpaired) electrons. The van der Waals surface area contributed by atoms with Gasteiger partial charge < -0.3 is 0 Å². The van der Waals surface area contributed by atoms with Gasteiger partial charge in [0.15, 0.2) is 0 Å². The Bertz CT molecular complexity index is 118. The Labute approximate surface area is 64.6 Å². The smallest absolute Gasteiger partial charge is 0.0139 e. The Balaban J connectivity index is 0.000000371. The average Bonchev–Trinajstić information content (AvgIpc) is 2.10. The zero-order valence-corrected chi connectivity index (χ0v) is 7.35. The Hall–Kier alpha value is -0.520. The van der Waals surface area contributed by atoms with Gasteiger partial charge in [0.25, 0.3) is 0 Å². The van der Waals surface area contributed by atoms with E-state index in [0.717, 1.165) is 0 Å². The fourth-order valence-electron chi connectivity index (χ4n) is 0.986. The molecule has 0 N–H and O–H groups in total. The second-order valence-corrected chi connectivity index (χ2v) is 2.16. The van der Waals surface area contributed by atoms with Crippen LogP contribution in [0.3, 0.4) is 0 Å². The van der Waals surface area contributed by atoms with Gasteiger partial charge in [-0.25, -0.2) is 0 Å². The maximum absolute atomic E-state index is 2.26. The van der Waals surface area contributed by atoms with Crippen LogP contribution >= 0.6 is 0 Å². The molecule has 1 aliphatic carbocycles. The highest BCUT2D eigenvalue weighted by Crippen LogP contribution is 2.15. The lowest BCUT2D eigenvalue weighted by Crippen LogP contribution is -1.85. The zero-order chi connectivity index (χ0) is 7.82. The molecule has 1 aliphatic rings. The molecule has 0 bridgehead atoms. The van der Waals surface area contributed by atoms with Gasteiger partial charge in [0.1, 0.15) is 0 Å². The molecule has 1 rings (SSSR count). The van der Waals surface area contributed by atoms with E-state index >= 15 is 0 Å². The molecule has 58 valence electrons. The fourth-order valence-corrected chi connectivity index (χ4v) is 0.986. The van der Waals surface area contributed by atoms with Crippen molar-refractivity contribution in [1.82, 2.24) is 0 Å². The van der Waals surface area contributed by atoms with Crippen molar-refractivity contribution < 1.29 is 0 Å². The van der Waals surface area contributed by atoms with Crippen LogP contribution < -0.4 is 0 Å². The highest BCUT2D eigenvalue weighted by molar-refractivity contribution is 5.11. The molecule has 0 aliphatic heterocycles. The van der Waals surface area contributed by atoms with E-state index in [9.17, 15) is 0 Å². The first kappa shape index (κ1) is 9.48. The van der Waals surface area contributed by atoms with Crippen LogP contribution in [0.1, 0.15) is 40.0 Å². The lowest BCUT2D eigenvalue weighted by Gasteiger charge is -2.05. The van der Waals surface area contributed by atoms with Crippen molar-refractivity contribution in [2.45, 2.75) is 40.0 Å². The lowest BCUT2D eigenvalue weighted by molar-refractivity contribution is 0.896. The molecule has 0 aromatic carbocycles. The fraction of sp³-hybridized carbons (Fsp3) is 0.600. The molecule has 0 saturated heterocycles. The van der Waals surface area contributed by atoms with Crippen LogP contribution in [0.25, 0.3) is 0 Å². The Morgan fingerprint density at radius 3 is 2.30 bits per heavy atom. The summed E-state index contributed by atoms with van der Waals surface area (Å²) in [5.74, 6) is 0. The molecule has 0 heteroatoms. The SMILES string of the molecule is C/C=C1/CC=CCC1.CC. The third-order valence-electron chi connectivity index (χ3n) is 1.59. The topological polar surface area (TPSA) is 0 Å². The molecule has 0 heterocycles. The van der Waals surface area contributed by atoms with Crippen LogP contribution in [0, 0.1) is 0 Å². The molecule has 0 atom stereocenters. The summed E-state index contributed by atoms with van der Waals surface area (Å²) in [4.78, 5) is 0. The summed E-state index contributed by atoms with van der Waals surface area (Å²) in [6.07, 6.45) is 10.5. The minimum atomic E-state index is 1.19. The second-order valence-electron chi connectivity index (χ2n) is 2.16. The van der Waals surface area contributed by atoms with Crippen LogP contribution in [-0.2, 0) is 0 Å². The van der Waals surface area contributed by atoms with Crippen molar-refractivity contribution in [2.24, 2.45) is 0 Å². The van der Waals surface area contributed by atoms with E-state index in [1.165, 1.54) is 19.3 Å². The summed E-state index contributed by atoms with van der Waals surface area (Å²) in [7, 11) is 0. The average molecular weight is 138 g/mol. The van der Waals surface area contributed by atoms with Crippen molar-refractivity contribution >= 4 is 0 Å². The molecule has 0 amide bonds. The van der Waals surface area contributed by atoms with E-state index in [0.29, 0.717) is 0 Å². The third kappa shape index (κ3) is 3.49. The maximum Gasteiger partial charge on any atom is -0.0139 e. The van der Waals surface area contributed by atoms with Crippen LogP contribution in [0.2, 0.25) is 0 Å². The standard InChI is InChI=1S/C8H12.C2H6/c1-2-8-6-4-3-5-7-8;1-2/h2-4H,5-7H2,1H3;1-2H3/b8-2-;. The van der Waals surface area contributed by atoms with Gasteiger partial charge in [-0.05, 0) is 26.2 Å². The molecule has 0 unspecified atom stereocenters. The van der Waals surface area contributed by atoms with Crippen molar-refractivity contribution in [1.29, 1.82) is 0 Å². The Kier molecular flexibility index (Phi) is 6.25. The quantitative estimate of drug-likeness (QED) is 0.448. The first-order valence-electron chi connectivity index (χ1n) is 4.22. The lowest BCUT2D eigenvalue weighted by atomic mass is 10.0. The van der Waals surface area contributed by atoms with Crippen molar-refractivity contribution in [3.8, 4) is 0 Å². The molecule has 0 fully saturated rings. The molecular formula is C10H18. The summed E-state index contributed by atoms with van der Waals surface area (Å²) < 4.78 is 0. The molecule has 0 aromatic heterocycles. The molecule has 0 saturated carbocycles. The molecular weight excluding hydrogens is 120 g/mol. The predicted molar refractivity (Wildman–Crippen MR) is 48.1 cm³/mol. The van der Waals surface area contributed by atoms with Crippen molar-refractivity contribution in [3.05, 3.63) is 23.8 Å². The minimum Gasteiger partial charge on any atom is -0.0881 e. The van der Waals surface area contributed by atoms with Crippen LogP contribution in [0.4, 0.5) is 0 Å². The normalized spacial score (nSPS) is 20.1. The molecule has 10 heavy (non-hydrogen) atoms. The first-order chi connectivity index (χ1) is 4.93. The summed E-state index contributed by atoms with van der Waals surface area (Å²) >= 11 is 0. The van der Waals surface area contributed by atoms with Gasteiger partial charge in [0, 0.05) is 0 Å². The molecule has 0 nitrogen and oxygen atoms in total. The highest BCUT2D eigenvalue weighted by atomic mass is 14.0. The summed E-state index contributed by atoms with van der Waals surface area (Å²) in [5.41, 5.74) is 1.59. The maximum atomic E-state index is 2.26. The number of allylic oxidation sites excluding steroid dienone is 4. The first-order valence-corrected chi connectivity index (χ1v) is 4.22. The highest BCUT2D eigenvalue weighted by Gasteiger charge is 1.95. The number of rotatable bonds is 0. The van der Waals surface area contributed by atoms with E-state index in [2.05, 4.69) is 25.2 Å². The van der Waals surface area contributed by atoms with Gasteiger partial charge in [0.2, 0.25) is 0 Å². The van der Waals surface area contributed by atoms with Gasteiger partial charge in [-0.2, -0.15) is 0 Å². The minimum absolute atomic E-state index is 1.19. The van der Waals surface area contributed by atoms with Gasteiger partial charge in [-0.1, -0.05) is 37.6 Å². The summed E-state index contributed by atoms with van der Waals surface area (Å²) in [5, 5.41) is 0. The van der Waals surface area contributed by atoms with Gasteiger partial charge in [-0.3, -0.25) is 0 Å². The van der Waals surface area contributed by atoms with Gasteiger partial charge in [-0.15, -0.1) is 0 Å². The third-order valence-corrected chi connectivity index (χ3v) is 1.59. The predicted octanol–water partition coefficient (Wildman–Crippen LogP) is 3.70. The van der Waals surface area contributed by atoms with Gasteiger partial charge in [0.05, 0.1) is 0 Å². The molecule has 0 aromatic rings. The van der Waals surface area contributed by atoms with E-state index in [1.807, 2.05) is 13.8 Å². The molecule has 0 spiro atoms. The second kappa shape index (κ2) is 6.60. The number of hydrogen-bond donors (Lipinski definition) is 0. The van der Waals surface area contributed by atoms with Gasteiger partial charge >= 0.3 is 0 Å². The van der Waals surface area contributed by atoms with Crippen LogP contribution in [0.15, 0.2) is 23.8 Å². The number of hydrogen-bond acceptors (Lipinski definition) is 0. The summed E-state index contributed by atoms with van der Waals surface area (Å²) in [6, 6.07) is 0. The van der Waals surface area contributed by atoms with E-state index in [4.69, 9.17) is 0 Å². The van der Waals surface area contributed by atoms with Crippen LogP contribution in [-0.4, -0.2) is 0 Å².